The van der Waals surface area contributed by atoms with E-state index in [0.717, 1.165) is 0 Å². The molecule has 0 spiro atoms. The molecule has 0 aromatic rings. The van der Waals surface area contributed by atoms with Gasteiger partial charge in [0.15, 0.2) is 14.1 Å². The first-order valence-corrected chi connectivity index (χ1v) is 11.4. The first kappa shape index (κ1) is 20.8. The van der Waals surface area contributed by atoms with E-state index in [0.29, 0.717) is 19.3 Å². The van der Waals surface area contributed by atoms with Gasteiger partial charge in [0.05, 0.1) is 26.2 Å². The van der Waals surface area contributed by atoms with Gasteiger partial charge in [-0.2, -0.15) is 0 Å². The van der Waals surface area contributed by atoms with Gasteiger partial charge in [0.25, 0.3) is 0 Å². The molecule has 1 rings (SSSR count). The second-order valence-electron chi connectivity index (χ2n) is 8.04. The zero-order valence-electron chi connectivity index (χ0n) is 15.7. The summed E-state index contributed by atoms with van der Waals surface area (Å²) in [6.45, 7) is 10.5. The van der Waals surface area contributed by atoms with Gasteiger partial charge in [0.2, 0.25) is 5.91 Å². The van der Waals surface area contributed by atoms with Crippen molar-refractivity contribution in [1.82, 2.24) is 5.32 Å². The Kier molecular flexibility index (Phi) is 7.16. The van der Waals surface area contributed by atoms with E-state index < -0.39 is 8.32 Å². The average Bonchev–Trinajstić information content (AvgIpc) is 2.98. The second kappa shape index (κ2) is 8.25. The smallest absolute Gasteiger partial charge is 0.308 e. The lowest BCUT2D eigenvalue weighted by molar-refractivity contribution is -0.145. The number of ether oxygens (including phenoxy) is 1. The quantitative estimate of drug-likeness (QED) is 0.558. The van der Waals surface area contributed by atoms with Crippen LogP contribution in [0.3, 0.4) is 0 Å². The summed E-state index contributed by atoms with van der Waals surface area (Å²) < 4.78 is 10.6. The van der Waals surface area contributed by atoms with Crippen LogP contribution < -0.4 is 5.32 Å². The van der Waals surface area contributed by atoms with Crippen LogP contribution in [0.4, 0.5) is 0 Å². The van der Waals surface area contributed by atoms with E-state index in [1.807, 2.05) is 0 Å². The molecule has 0 heterocycles. The second-order valence-corrected chi connectivity index (χ2v) is 12.8. The lowest BCUT2D eigenvalue weighted by Crippen LogP contribution is -2.43. The van der Waals surface area contributed by atoms with E-state index in [2.05, 4.69) is 39.2 Å². The van der Waals surface area contributed by atoms with Crippen molar-refractivity contribution < 1.29 is 23.5 Å². The SMILES string of the molecule is COC(=O)C1CCC(C(=O)NCC(=O)CO[Si](C)(C)C(C)(C)C)C1. The van der Waals surface area contributed by atoms with Gasteiger partial charge in [0.1, 0.15) is 0 Å². The number of amides is 1. The first-order chi connectivity index (χ1) is 11.0. The number of rotatable bonds is 7. The molecule has 2 unspecified atom stereocenters. The maximum atomic E-state index is 12.1. The van der Waals surface area contributed by atoms with Crippen molar-refractivity contribution in [2.24, 2.45) is 11.8 Å². The van der Waals surface area contributed by atoms with E-state index in [9.17, 15) is 14.4 Å². The highest BCUT2D eigenvalue weighted by Crippen LogP contribution is 2.36. The van der Waals surface area contributed by atoms with Gasteiger partial charge in [-0.25, -0.2) is 0 Å². The van der Waals surface area contributed by atoms with Crippen LogP contribution in [0, 0.1) is 11.8 Å². The van der Waals surface area contributed by atoms with Gasteiger partial charge in [-0.1, -0.05) is 20.8 Å². The molecule has 24 heavy (non-hydrogen) atoms. The molecule has 0 saturated heterocycles. The van der Waals surface area contributed by atoms with E-state index in [1.54, 1.807) is 0 Å². The summed E-state index contributed by atoms with van der Waals surface area (Å²) in [6.07, 6.45) is 1.81. The highest BCUT2D eigenvalue weighted by atomic mass is 28.4. The van der Waals surface area contributed by atoms with Gasteiger partial charge in [-0.15, -0.1) is 0 Å². The first-order valence-electron chi connectivity index (χ1n) is 8.49. The number of hydrogen-bond donors (Lipinski definition) is 1. The fourth-order valence-electron chi connectivity index (χ4n) is 2.46. The maximum Gasteiger partial charge on any atom is 0.308 e. The molecule has 1 amide bonds. The van der Waals surface area contributed by atoms with Crippen LogP contribution in [0.5, 0.6) is 0 Å². The summed E-state index contributed by atoms with van der Waals surface area (Å²) in [4.78, 5) is 35.6. The Hall–Kier alpha value is -1.21. The summed E-state index contributed by atoms with van der Waals surface area (Å²) in [5.41, 5.74) is 0. The molecule has 1 aliphatic rings. The predicted molar refractivity (Wildman–Crippen MR) is 94.0 cm³/mol. The van der Waals surface area contributed by atoms with Crippen molar-refractivity contribution in [2.45, 2.75) is 58.2 Å². The van der Waals surface area contributed by atoms with Crippen LogP contribution >= 0.6 is 0 Å². The normalized spacial score (nSPS) is 21.4. The number of methoxy groups -OCH3 is 1. The lowest BCUT2D eigenvalue weighted by Gasteiger charge is -2.35. The number of carbonyl (C=O) groups excluding carboxylic acids is 3. The van der Waals surface area contributed by atoms with Crippen LogP contribution in [0.15, 0.2) is 0 Å². The summed E-state index contributed by atoms with van der Waals surface area (Å²) >= 11 is 0. The van der Waals surface area contributed by atoms with Crippen LogP contribution in [0.1, 0.15) is 40.0 Å². The Bertz CT molecular complexity index is 484. The summed E-state index contributed by atoms with van der Waals surface area (Å²) in [5, 5.41) is 2.72. The molecule has 0 radical (unpaired) electrons. The highest BCUT2D eigenvalue weighted by Gasteiger charge is 2.38. The van der Waals surface area contributed by atoms with Crippen LogP contribution in [-0.2, 0) is 23.5 Å². The number of esters is 1. The number of Topliss-reactive ketones (excluding diaryl/α,β-unsaturated/α-hetero) is 1. The zero-order chi connectivity index (χ0) is 18.5. The van der Waals surface area contributed by atoms with Crippen molar-refractivity contribution >= 4 is 26.0 Å². The van der Waals surface area contributed by atoms with Gasteiger partial charge in [-0.05, 0) is 37.4 Å². The molecule has 2 atom stereocenters. The van der Waals surface area contributed by atoms with Crippen molar-refractivity contribution in [1.29, 1.82) is 0 Å². The monoisotopic (exact) mass is 357 g/mol. The van der Waals surface area contributed by atoms with E-state index in [-0.39, 0.29) is 47.7 Å². The van der Waals surface area contributed by atoms with Gasteiger partial charge in [0, 0.05) is 5.92 Å². The third-order valence-corrected chi connectivity index (χ3v) is 9.68. The Balaban J connectivity index is 2.35. The standard InChI is InChI=1S/C17H31NO5Si/c1-17(2,3)24(5,6)23-11-14(19)10-18-15(20)12-7-8-13(9-12)16(21)22-4/h12-13H,7-11H2,1-6H3,(H,18,20). The average molecular weight is 358 g/mol. The largest absolute Gasteiger partial charge is 0.469 e. The topological polar surface area (TPSA) is 81.7 Å². The molecule has 0 aromatic carbocycles. The molecular weight excluding hydrogens is 326 g/mol. The molecule has 138 valence electrons. The molecule has 0 aromatic heterocycles. The van der Waals surface area contributed by atoms with E-state index in [4.69, 9.17) is 9.16 Å². The number of ketones is 1. The summed E-state index contributed by atoms with van der Waals surface area (Å²) in [7, 11) is -0.602. The zero-order valence-corrected chi connectivity index (χ0v) is 16.7. The van der Waals surface area contributed by atoms with Crippen molar-refractivity contribution in [3.05, 3.63) is 0 Å². The molecule has 0 aliphatic heterocycles. The van der Waals surface area contributed by atoms with Gasteiger partial charge < -0.3 is 14.5 Å². The van der Waals surface area contributed by atoms with Crippen molar-refractivity contribution in [3.8, 4) is 0 Å². The maximum absolute atomic E-state index is 12.1. The Labute approximate surface area is 145 Å². The summed E-state index contributed by atoms with van der Waals surface area (Å²) in [6, 6.07) is 0. The van der Waals surface area contributed by atoms with Gasteiger partial charge in [-0.3, -0.25) is 14.4 Å². The van der Waals surface area contributed by atoms with E-state index >= 15 is 0 Å². The van der Waals surface area contributed by atoms with Crippen LogP contribution in [0.2, 0.25) is 18.1 Å². The summed E-state index contributed by atoms with van der Waals surface area (Å²) in [5.74, 6) is -0.978. The third-order valence-electron chi connectivity index (χ3n) is 5.20. The minimum Gasteiger partial charge on any atom is -0.469 e. The highest BCUT2D eigenvalue weighted by molar-refractivity contribution is 6.74. The lowest BCUT2D eigenvalue weighted by atomic mass is 10.0. The number of nitrogens with one attached hydrogen (secondary N) is 1. The Morgan fingerprint density at radius 2 is 1.71 bits per heavy atom. The minimum absolute atomic E-state index is 0.0210. The Morgan fingerprint density at radius 1 is 1.12 bits per heavy atom. The number of carbonyl (C=O) groups is 3. The fourth-order valence-corrected chi connectivity index (χ4v) is 3.41. The van der Waals surface area contributed by atoms with Crippen LogP contribution in [0.25, 0.3) is 0 Å². The molecule has 0 bridgehead atoms. The van der Waals surface area contributed by atoms with Gasteiger partial charge >= 0.3 is 5.97 Å². The van der Waals surface area contributed by atoms with Crippen molar-refractivity contribution in [3.63, 3.8) is 0 Å². The molecule has 1 N–H and O–H groups in total. The molecule has 7 heteroatoms. The molecular formula is C17H31NO5Si. The molecule has 6 nitrogen and oxygen atoms in total. The van der Waals surface area contributed by atoms with Crippen molar-refractivity contribution in [2.75, 3.05) is 20.3 Å². The minimum atomic E-state index is -1.96. The van der Waals surface area contributed by atoms with E-state index in [1.165, 1.54) is 7.11 Å². The Morgan fingerprint density at radius 3 is 2.25 bits per heavy atom. The third kappa shape index (κ3) is 5.70. The molecule has 1 aliphatic carbocycles. The number of hydrogen-bond acceptors (Lipinski definition) is 5. The molecule has 1 saturated carbocycles. The fraction of sp³-hybridized carbons (Fsp3) is 0.824. The predicted octanol–water partition coefficient (Wildman–Crippen LogP) is 2.28. The molecule has 1 fully saturated rings. The van der Waals surface area contributed by atoms with Crippen LogP contribution in [-0.4, -0.2) is 46.2 Å².